The summed E-state index contributed by atoms with van der Waals surface area (Å²) >= 11 is 0. The van der Waals surface area contributed by atoms with Gasteiger partial charge in [-0.1, -0.05) is 0 Å². The Labute approximate surface area is 109 Å². The highest BCUT2D eigenvalue weighted by Gasteiger charge is 2.28. The number of rotatable bonds is 3. The van der Waals surface area contributed by atoms with E-state index in [2.05, 4.69) is 30.5 Å². The zero-order chi connectivity index (χ0) is 13.2. The highest BCUT2D eigenvalue weighted by Crippen LogP contribution is 2.13. The fourth-order valence-electron chi connectivity index (χ4n) is 2.22. The molecule has 19 heavy (non-hydrogen) atoms. The molecule has 1 aliphatic heterocycles. The van der Waals surface area contributed by atoms with Crippen LogP contribution in [0.2, 0.25) is 0 Å². The Hall–Kier alpha value is -2.22. The molecule has 100 valence electrons. The van der Waals surface area contributed by atoms with Gasteiger partial charge in [-0.05, 0) is 0 Å². The zero-order valence-corrected chi connectivity index (χ0v) is 10.6. The lowest BCUT2D eigenvalue weighted by Gasteiger charge is -2.26. The summed E-state index contributed by atoms with van der Waals surface area (Å²) in [5, 5.41) is 9.72. The van der Waals surface area contributed by atoms with Crippen molar-refractivity contribution in [2.75, 3.05) is 7.05 Å². The first-order valence-electron chi connectivity index (χ1n) is 6.08. The van der Waals surface area contributed by atoms with Crippen molar-refractivity contribution in [3.8, 4) is 0 Å². The highest BCUT2D eigenvalue weighted by atomic mass is 16.2. The predicted molar refractivity (Wildman–Crippen MR) is 65.8 cm³/mol. The molecule has 2 aromatic rings. The van der Waals surface area contributed by atoms with Crippen molar-refractivity contribution in [3.63, 3.8) is 0 Å². The van der Waals surface area contributed by atoms with E-state index < -0.39 is 0 Å². The van der Waals surface area contributed by atoms with E-state index in [-0.39, 0.29) is 11.9 Å². The van der Waals surface area contributed by atoms with Gasteiger partial charge in [-0.3, -0.25) is 15.2 Å². The molecule has 3 heterocycles. The smallest absolute Gasteiger partial charge is 0.240 e. The van der Waals surface area contributed by atoms with E-state index in [1.54, 1.807) is 18.3 Å². The van der Waals surface area contributed by atoms with Gasteiger partial charge < -0.3 is 9.88 Å². The summed E-state index contributed by atoms with van der Waals surface area (Å²) in [6.07, 6.45) is 3.71. The maximum absolute atomic E-state index is 12.3. The molecule has 8 heteroatoms. The number of hydrogen-bond donors (Lipinski definition) is 3. The van der Waals surface area contributed by atoms with Crippen LogP contribution in [-0.2, 0) is 24.3 Å². The molecule has 0 spiro atoms. The van der Waals surface area contributed by atoms with E-state index in [0.717, 1.165) is 11.4 Å². The van der Waals surface area contributed by atoms with E-state index in [9.17, 15) is 4.79 Å². The summed E-state index contributed by atoms with van der Waals surface area (Å²) < 4.78 is 0. The van der Waals surface area contributed by atoms with Crippen LogP contribution in [0.3, 0.4) is 0 Å². The molecule has 1 amide bonds. The summed E-state index contributed by atoms with van der Waals surface area (Å²) in [5.41, 5.74) is 2.02. The highest BCUT2D eigenvalue weighted by molar-refractivity contribution is 5.82. The van der Waals surface area contributed by atoms with Crippen molar-refractivity contribution in [2.24, 2.45) is 0 Å². The lowest BCUT2D eigenvalue weighted by atomic mass is 10.0. The van der Waals surface area contributed by atoms with Crippen LogP contribution in [0.15, 0.2) is 12.7 Å². The minimum absolute atomic E-state index is 0.0325. The summed E-state index contributed by atoms with van der Waals surface area (Å²) in [5.74, 6) is 0.706. The van der Waals surface area contributed by atoms with E-state index in [1.165, 1.54) is 6.33 Å². The molecular weight excluding hydrogens is 246 g/mol. The van der Waals surface area contributed by atoms with Crippen LogP contribution in [-0.4, -0.2) is 49.0 Å². The first-order valence-corrected chi connectivity index (χ1v) is 6.08. The normalized spacial score (nSPS) is 18.1. The van der Waals surface area contributed by atoms with Crippen molar-refractivity contribution < 1.29 is 4.79 Å². The molecule has 0 aliphatic carbocycles. The van der Waals surface area contributed by atoms with Crippen LogP contribution in [0.5, 0.6) is 0 Å². The predicted octanol–water partition coefficient (Wildman–Crippen LogP) is -0.799. The number of fused-ring (bicyclic) bond motifs is 1. The average molecular weight is 261 g/mol. The van der Waals surface area contributed by atoms with Crippen molar-refractivity contribution in [2.45, 2.75) is 25.6 Å². The monoisotopic (exact) mass is 261 g/mol. The van der Waals surface area contributed by atoms with Gasteiger partial charge in [-0.25, -0.2) is 9.97 Å². The van der Waals surface area contributed by atoms with Gasteiger partial charge in [0.1, 0.15) is 12.2 Å². The minimum atomic E-state index is -0.233. The van der Waals surface area contributed by atoms with E-state index >= 15 is 0 Å². The standard InChI is InChI=1S/C11H15N7O/c1-18(4-10-15-6-16-17-10)11(19)8-2-7-9(3-12-8)14-5-13-7/h5-6,8,12H,2-4H2,1H3,(H,13,14)(H,15,16,17). The van der Waals surface area contributed by atoms with Crippen molar-refractivity contribution in [1.82, 2.24) is 35.4 Å². The van der Waals surface area contributed by atoms with Gasteiger partial charge >= 0.3 is 0 Å². The van der Waals surface area contributed by atoms with E-state index in [0.29, 0.717) is 25.3 Å². The molecule has 0 saturated carbocycles. The molecule has 0 radical (unpaired) electrons. The number of imidazole rings is 1. The molecule has 0 bridgehead atoms. The molecule has 0 saturated heterocycles. The molecule has 1 aliphatic rings. The minimum Gasteiger partial charge on any atom is -0.347 e. The number of nitrogens with zero attached hydrogens (tertiary/aromatic N) is 4. The zero-order valence-electron chi connectivity index (χ0n) is 10.6. The van der Waals surface area contributed by atoms with Crippen molar-refractivity contribution in [1.29, 1.82) is 0 Å². The molecule has 1 unspecified atom stereocenters. The lowest BCUT2D eigenvalue weighted by molar-refractivity contribution is -0.133. The molecule has 8 nitrogen and oxygen atoms in total. The van der Waals surface area contributed by atoms with Crippen LogP contribution < -0.4 is 5.32 Å². The second kappa shape index (κ2) is 4.81. The maximum atomic E-state index is 12.3. The molecule has 0 aromatic carbocycles. The largest absolute Gasteiger partial charge is 0.347 e. The fraction of sp³-hybridized carbons (Fsp3) is 0.455. The van der Waals surface area contributed by atoms with Crippen LogP contribution in [0.4, 0.5) is 0 Å². The summed E-state index contributed by atoms with van der Waals surface area (Å²) in [6.45, 7) is 1.06. The Bertz CT molecular complexity index is 561. The van der Waals surface area contributed by atoms with Crippen molar-refractivity contribution in [3.05, 3.63) is 29.9 Å². The average Bonchev–Trinajstić information content (AvgIpc) is 3.07. The fourth-order valence-corrected chi connectivity index (χ4v) is 2.22. The number of likely N-dealkylation sites (N-methyl/N-ethyl adjacent to an activating group) is 1. The second-order valence-corrected chi connectivity index (χ2v) is 4.59. The Morgan fingerprint density at radius 3 is 3.21 bits per heavy atom. The Morgan fingerprint density at radius 1 is 1.53 bits per heavy atom. The number of H-pyrrole nitrogens is 2. The quantitative estimate of drug-likeness (QED) is 0.671. The van der Waals surface area contributed by atoms with Gasteiger partial charge in [0.2, 0.25) is 5.91 Å². The molecule has 1 atom stereocenters. The third-order valence-corrected chi connectivity index (χ3v) is 3.26. The summed E-state index contributed by atoms with van der Waals surface area (Å²) in [7, 11) is 1.76. The van der Waals surface area contributed by atoms with Crippen LogP contribution in [0.25, 0.3) is 0 Å². The molecule has 2 aromatic heterocycles. The number of hydrogen-bond acceptors (Lipinski definition) is 5. The van der Waals surface area contributed by atoms with Gasteiger partial charge in [0.05, 0.1) is 30.3 Å². The molecular formula is C11H15N7O. The van der Waals surface area contributed by atoms with E-state index in [1.807, 2.05) is 0 Å². The first kappa shape index (κ1) is 11.8. The second-order valence-electron chi connectivity index (χ2n) is 4.59. The summed E-state index contributed by atoms with van der Waals surface area (Å²) in [4.78, 5) is 25.3. The van der Waals surface area contributed by atoms with Gasteiger partial charge in [-0.2, -0.15) is 5.10 Å². The van der Waals surface area contributed by atoms with Gasteiger partial charge in [0, 0.05) is 20.0 Å². The van der Waals surface area contributed by atoms with Crippen LogP contribution >= 0.6 is 0 Å². The van der Waals surface area contributed by atoms with Crippen molar-refractivity contribution >= 4 is 5.91 Å². The van der Waals surface area contributed by atoms with Gasteiger partial charge in [0.25, 0.3) is 0 Å². The Morgan fingerprint density at radius 2 is 2.42 bits per heavy atom. The lowest BCUT2D eigenvalue weighted by Crippen LogP contribution is -2.48. The van der Waals surface area contributed by atoms with Crippen LogP contribution in [0, 0.1) is 0 Å². The number of nitrogens with one attached hydrogen (secondary N) is 3. The molecule has 0 fully saturated rings. The number of amides is 1. The SMILES string of the molecule is CN(Cc1ncn[nH]1)C(=O)C1Cc2nc[nH]c2CN1. The number of aromatic amines is 2. The van der Waals surface area contributed by atoms with Crippen LogP contribution in [0.1, 0.15) is 17.2 Å². The number of carbonyl (C=O) groups excluding carboxylic acids is 1. The third-order valence-electron chi connectivity index (χ3n) is 3.26. The number of aromatic nitrogens is 5. The van der Waals surface area contributed by atoms with Gasteiger partial charge in [-0.15, -0.1) is 0 Å². The Kier molecular flexibility index (Phi) is 3.00. The topological polar surface area (TPSA) is 103 Å². The first-order chi connectivity index (χ1) is 9.24. The molecule has 3 rings (SSSR count). The Balaban J connectivity index is 1.65. The molecule has 3 N–H and O–H groups in total. The summed E-state index contributed by atoms with van der Waals surface area (Å²) in [6, 6.07) is -0.233. The van der Waals surface area contributed by atoms with E-state index in [4.69, 9.17) is 0 Å². The number of carbonyl (C=O) groups is 1. The maximum Gasteiger partial charge on any atom is 0.240 e. The van der Waals surface area contributed by atoms with Gasteiger partial charge in [0.15, 0.2) is 0 Å². The third kappa shape index (κ3) is 2.34.